The molecular formula is C31H42N2O5. The molecule has 0 bridgehead atoms. The Kier molecular flexibility index (Phi) is 11.3. The topological polar surface area (TPSA) is 85.9 Å². The van der Waals surface area contributed by atoms with Gasteiger partial charge < -0.3 is 24.8 Å². The van der Waals surface area contributed by atoms with Crippen molar-refractivity contribution in [1.29, 1.82) is 0 Å². The molecule has 2 aromatic carbocycles. The first kappa shape index (κ1) is 28.0. The summed E-state index contributed by atoms with van der Waals surface area (Å²) in [7, 11) is 0. The van der Waals surface area contributed by atoms with Crippen molar-refractivity contribution >= 4 is 12.1 Å². The SMILES string of the molecule is O=C(NCc1ccc(OCCC[C@H](NC2CCCCC2)C(=O)OC2CCCC2)cc1)OCc1ccccc1. The monoisotopic (exact) mass is 522 g/mol. The average Bonchev–Trinajstić information content (AvgIpc) is 3.47. The van der Waals surface area contributed by atoms with E-state index in [0.29, 0.717) is 25.6 Å². The maximum atomic E-state index is 12.9. The molecule has 4 rings (SSSR count). The molecule has 0 spiro atoms. The van der Waals surface area contributed by atoms with Gasteiger partial charge >= 0.3 is 12.1 Å². The molecule has 0 heterocycles. The summed E-state index contributed by atoms with van der Waals surface area (Å²) < 4.78 is 17.0. The molecule has 2 aliphatic carbocycles. The second-order valence-corrected chi connectivity index (χ2v) is 10.4. The number of ether oxygens (including phenoxy) is 3. The minimum atomic E-state index is -0.447. The van der Waals surface area contributed by atoms with Gasteiger partial charge in [0, 0.05) is 12.6 Å². The van der Waals surface area contributed by atoms with Crippen LogP contribution in [-0.4, -0.2) is 36.9 Å². The molecule has 2 fully saturated rings. The predicted octanol–water partition coefficient (Wildman–Crippen LogP) is 6.05. The number of carbonyl (C=O) groups excluding carboxylic acids is 2. The van der Waals surface area contributed by atoms with Crippen LogP contribution < -0.4 is 15.4 Å². The van der Waals surface area contributed by atoms with Gasteiger partial charge in [0.2, 0.25) is 0 Å². The number of hydrogen-bond donors (Lipinski definition) is 2. The summed E-state index contributed by atoms with van der Waals surface area (Å²) in [4.78, 5) is 24.9. The minimum Gasteiger partial charge on any atom is -0.494 e. The molecule has 2 N–H and O–H groups in total. The third-order valence-electron chi connectivity index (χ3n) is 7.39. The molecule has 1 atom stereocenters. The van der Waals surface area contributed by atoms with Crippen LogP contribution in [0.3, 0.4) is 0 Å². The molecule has 206 valence electrons. The van der Waals surface area contributed by atoms with Crippen LogP contribution in [-0.2, 0) is 27.4 Å². The molecule has 38 heavy (non-hydrogen) atoms. The smallest absolute Gasteiger partial charge is 0.407 e. The Balaban J connectivity index is 1.16. The van der Waals surface area contributed by atoms with Crippen LogP contribution in [0.1, 0.15) is 81.8 Å². The van der Waals surface area contributed by atoms with Crippen molar-refractivity contribution in [2.75, 3.05) is 6.61 Å². The van der Waals surface area contributed by atoms with E-state index in [9.17, 15) is 9.59 Å². The first-order valence-corrected chi connectivity index (χ1v) is 14.3. The third kappa shape index (κ3) is 9.67. The molecule has 0 aliphatic heterocycles. The number of carbonyl (C=O) groups is 2. The Hall–Kier alpha value is -3.06. The van der Waals surface area contributed by atoms with Crippen LogP contribution >= 0.6 is 0 Å². The molecule has 0 radical (unpaired) electrons. The van der Waals surface area contributed by atoms with E-state index in [2.05, 4.69) is 10.6 Å². The summed E-state index contributed by atoms with van der Waals surface area (Å²) in [5.41, 5.74) is 1.91. The Labute approximate surface area is 226 Å². The summed E-state index contributed by atoms with van der Waals surface area (Å²) in [6.07, 6.45) is 11.4. The minimum absolute atomic E-state index is 0.0909. The predicted molar refractivity (Wildman–Crippen MR) is 147 cm³/mol. The van der Waals surface area contributed by atoms with Crippen molar-refractivity contribution in [3.63, 3.8) is 0 Å². The molecule has 1 amide bonds. The average molecular weight is 523 g/mol. The Morgan fingerprint density at radius 3 is 2.29 bits per heavy atom. The molecule has 0 saturated heterocycles. The highest BCUT2D eigenvalue weighted by molar-refractivity contribution is 5.76. The summed E-state index contributed by atoms with van der Waals surface area (Å²) in [5, 5.41) is 6.37. The van der Waals surface area contributed by atoms with Gasteiger partial charge in [-0.15, -0.1) is 0 Å². The zero-order valence-corrected chi connectivity index (χ0v) is 22.4. The lowest BCUT2D eigenvalue weighted by atomic mass is 9.94. The summed E-state index contributed by atoms with van der Waals surface area (Å²) >= 11 is 0. The van der Waals surface area contributed by atoms with Gasteiger partial charge in [-0.1, -0.05) is 61.7 Å². The molecule has 2 aliphatic rings. The van der Waals surface area contributed by atoms with E-state index < -0.39 is 6.09 Å². The molecule has 7 nitrogen and oxygen atoms in total. The normalized spacial score (nSPS) is 17.1. The summed E-state index contributed by atoms with van der Waals surface area (Å²) in [6, 6.07) is 17.4. The highest BCUT2D eigenvalue weighted by Crippen LogP contribution is 2.23. The number of benzene rings is 2. The maximum Gasteiger partial charge on any atom is 0.407 e. The summed E-state index contributed by atoms with van der Waals surface area (Å²) in [6.45, 7) is 1.16. The molecule has 0 unspecified atom stereocenters. The number of alkyl carbamates (subject to hydrolysis) is 1. The largest absolute Gasteiger partial charge is 0.494 e. The fourth-order valence-electron chi connectivity index (χ4n) is 5.20. The molecule has 7 heteroatoms. The molecular weight excluding hydrogens is 480 g/mol. The van der Waals surface area contributed by atoms with Gasteiger partial charge in [-0.3, -0.25) is 4.79 Å². The van der Waals surface area contributed by atoms with Crippen molar-refractivity contribution in [2.24, 2.45) is 0 Å². The number of nitrogens with one attached hydrogen (secondary N) is 2. The number of esters is 1. The lowest BCUT2D eigenvalue weighted by Crippen LogP contribution is -2.45. The number of rotatable bonds is 13. The van der Waals surface area contributed by atoms with E-state index in [4.69, 9.17) is 14.2 Å². The van der Waals surface area contributed by atoms with Crippen LogP contribution in [0.4, 0.5) is 4.79 Å². The van der Waals surface area contributed by atoms with E-state index in [0.717, 1.165) is 61.8 Å². The van der Waals surface area contributed by atoms with E-state index in [-0.39, 0.29) is 24.7 Å². The number of hydrogen-bond acceptors (Lipinski definition) is 6. The quantitative estimate of drug-likeness (QED) is 0.246. The second kappa shape index (κ2) is 15.4. The number of amides is 1. The lowest BCUT2D eigenvalue weighted by Gasteiger charge is -2.28. The molecule has 2 aromatic rings. The Morgan fingerprint density at radius 1 is 0.842 bits per heavy atom. The van der Waals surface area contributed by atoms with Crippen molar-refractivity contribution in [3.05, 3.63) is 65.7 Å². The fourth-order valence-corrected chi connectivity index (χ4v) is 5.20. The van der Waals surface area contributed by atoms with Gasteiger partial charge in [-0.05, 0) is 74.6 Å². The van der Waals surface area contributed by atoms with E-state index in [1.807, 2.05) is 54.6 Å². The molecule has 0 aromatic heterocycles. The first-order chi connectivity index (χ1) is 18.7. The van der Waals surface area contributed by atoms with Crippen LogP contribution in [0.25, 0.3) is 0 Å². The van der Waals surface area contributed by atoms with Gasteiger partial charge in [-0.25, -0.2) is 4.79 Å². The van der Waals surface area contributed by atoms with Gasteiger partial charge in [0.05, 0.1) is 6.61 Å². The van der Waals surface area contributed by atoms with Crippen molar-refractivity contribution in [3.8, 4) is 5.75 Å². The second-order valence-electron chi connectivity index (χ2n) is 10.4. The Bertz CT molecular complexity index is 970. The lowest BCUT2D eigenvalue weighted by molar-refractivity contribution is -0.152. The fraction of sp³-hybridized carbons (Fsp3) is 0.548. The van der Waals surface area contributed by atoms with E-state index in [1.54, 1.807) is 0 Å². The zero-order chi connectivity index (χ0) is 26.4. The third-order valence-corrected chi connectivity index (χ3v) is 7.39. The van der Waals surface area contributed by atoms with Crippen LogP contribution in [0.2, 0.25) is 0 Å². The van der Waals surface area contributed by atoms with Crippen LogP contribution in [0.5, 0.6) is 5.75 Å². The maximum absolute atomic E-state index is 12.9. The van der Waals surface area contributed by atoms with Gasteiger partial charge in [-0.2, -0.15) is 0 Å². The van der Waals surface area contributed by atoms with E-state index in [1.165, 1.54) is 19.3 Å². The summed E-state index contributed by atoms with van der Waals surface area (Å²) in [5.74, 6) is 0.673. The Morgan fingerprint density at radius 2 is 1.55 bits per heavy atom. The van der Waals surface area contributed by atoms with Gasteiger partial charge in [0.15, 0.2) is 0 Å². The van der Waals surface area contributed by atoms with Crippen molar-refractivity contribution < 1.29 is 23.8 Å². The standard InChI is InChI=1S/C31H42N2O5/c34-30(38-28-14-7-8-15-28)29(33-26-12-5-2-6-13-26)16-9-21-36-27-19-17-24(18-20-27)22-32-31(35)37-23-25-10-3-1-4-11-25/h1,3-4,10-11,17-20,26,28-29,33H,2,5-9,12-16,21-23H2,(H,32,35)/t29-/m0/s1. The first-order valence-electron chi connectivity index (χ1n) is 14.3. The highest BCUT2D eigenvalue weighted by atomic mass is 16.6. The van der Waals surface area contributed by atoms with Crippen LogP contribution in [0.15, 0.2) is 54.6 Å². The van der Waals surface area contributed by atoms with Crippen molar-refractivity contribution in [1.82, 2.24) is 10.6 Å². The van der Waals surface area contributed by atoms with Crippen LogP contribution in [0, 0.1) is 0 Å². The molecule has 2 saturated carbocycles. The van der Waals surface area contributed by atoms with Crippen molar-refractivity contribution in [2.45, 2.75) is 102 Å². The van der Waals surface area contributed by atoms with Gasteiger partial charge in [0.1, 0.15) is 24.5 Å². The highest BCUT2D eigenvalue weighted by Gasteiger charge is 2.27. The van der Waals surface area contributed by atoms with E-state index >= 15 is 0 Å². The zero-order valence-electron chi connectivity index (χ0n) is 22.4. The van der Waals surface area contributed by atoms with Gasteiger partial charge in [0.25, 0.3) is 0 Å².